The maximum Gasteiger partial charge on any atom is 0.254 e. The van der Waals surface area contributed by atoms with Crippen LogP contribution in [-0.4, -0.2) is 24.9 Å². The van der Waals surface area contributed by atoms with E-state index in [4.69, 9.17) is 0 Å². The Morgan fingerprint density at radius 1 is 1.82 bits per heavy atom. The Hall–Kier alpha value is -1.39. The average Bonchev–Trinajstić information content (AvgIpc) is 2.29. The molecule has 1 rings (SSSR count). The third kappa shape index (κ3) is 1.54. The van der Waals surface area contributed by atoms with Gasteiger partial charge in [0.25, 0.3) is 5.91 Å². The predicted octanol–water partition coefficient (Wildman–Crippen LogP) is -0.260. The molecule has 5 heteroatoms. The van der Waals surface area contributed by atoms with Crippen LogP contribution >= 0.6 is 0 Å². The Morgan fingerprint density at radius 3 is 3.00 bits per heavy atom. The van der Waals surface area contributed by atoms with Gasteiger partial charge in [-0.1, -0.05) is 5.16 Å². The standard InChI is InChI=1S/C6H9N3O2/c1-4-5(3-7-11-2)6(10)9-8-4/h3,5H,1-2H3,(H,9,10)/b7-3-/t5-/m1/s1. The van der Waals surface area contributed by atoms with Crippen LogP contribution in [0.4, 0.5) is 0 Å². The Kier molecular flexibility index (Phi) is 2.20. The van der Waals surface area contributed by atoms with Crippen LogP contribution < -0.4 is 5.43 Å². The lowest BCUT2D eigenvalue weighted by Crippen LogP contribution is -2.23. The normalized spacial score (nSPS) is 23.6. The number of rotatable bonds is 2. The zero-order valence-electron chi connectivity index (χ0n) is 6.37. The largest absolute Gasteiger partial charge is 0.399 e. The van der Waals surface area contributed by atoms with E-state index in [9.17, 15) is 4.79 Å². The van der Waals surface area contributed by atoms with Gasteiger partial charge in [-0.25, -0.2) is 5.43 Å². The summed E-state index contributed by atoms with van der Waals surface area (Å²) in [5, 5.41) is 7.21. The lowest BCUT2D eigenvalue weighted by Gasteiger charge is -1.96. The molecule has 0 spiro atoms. The summed E-state index contributed by atoms with van der Waals surface area (Å²) in [6.45, 7) is 1.75. The van der Waals surface area contributed by atoms with Crippen molar-refractivity contribution in [2.24, 2.45) is 16.2 Å². The first kappa shape index (κ1) is 7.71. The fourth-order valence-corrected chi connectivity index (χ4v) is 0.769. The molecule has 1 aliphatic heterocycles. The highest BCUT2D eigenvalue weighted by Gasteiger charge is 2.24. The molecule has 0 fully saturated rings. The Balaban J connectivity index is 2.63. The molecule has 1 atom stereocenters. The minimum Gasteiger partial charge on any atom is -0.399 e. The lowest BCUT2D eigenvalue weighted by atomic mass is 10.1. The van der Waals surface area contributed by atoms with E-state index in [0.29, 0.717) is 5.71 Å². The molecule has 5 nitrogen and oxygen atoms in total. The van der Waals surface area contributed by atoms with Gasteiger partial charge in [0.2, 0.25) is 0 Å². The van der Waals surface area contributed by atoms with Gasteiger partial charge in [-0.2, -0.15) is 5.10 Å². The molecule has 60 valence electrons. The van der Waals surface area contributed by atoms with Crippen molar-refractivity contribution in [1.82, 2.24) is 5.43 Å². The average molecular weight is 155 g/mol. The van der Waals surface area contributed by atoms with Crippen LogP contribution in [0.3, 0.4) is 0 Å². The van der Waals surface area contributed by atoms with Crippen LogP contribution in [0.25, 0.3) is 0 Å². The van der Waals surface area contributed by atoms with E-state index >= 15 is 0 Å². The van der Waals surface area contributed by atoms with Gasteiger partial charge in [0.1, 0.15) is 13.0 Å². The van der Waals surface area contributed by atoms with Crippen molar-refractivity contribution in [3.8, 4) is 0 Å². The number of hydrogen-bond acceptors (Lipinski definition) is 4. The van der Waals surface area contributed by atoms with Crippen molar-refractivity contribution in [1.29, 1.82) is 0 Å². The maximum absolute atomic E-state index is 10.9. The Bertz CT molecular complexity index is 222. The topological polar surface area (TPSA) is 63.0 Å². The number of nitrogens with one attached hydrogen (secondary N) is 1. The highest BCUT2D eigenvalue weighted by molar-refractivity contribution is 6.17. The van der Waals surface area contributed by atoms with E-state index in [1.165, 1.54) is 13.3 Å². The van der Waals surface area contributed by atoms with Gasteiger partial charge < -0.3 is 4.84 Å². The van der Waals surface area contributed by atoms with Gasteiger partial charge >= 0.3 is 0 Å². The molecule has 0 aromatic carbocycles. The van der Waals surface area contributed by atoms with E-state index in [1.807, 2.05) is 0 Å². The van der Waals surface area contributed by atoms with Crippen molar-refractivity contribution >= 4 is 17.8 Å². The minimum absolute atomic E-state index is 0.164. The number of hydrazone groups is 1. The van der Waals surface area contributed by atoms with Crippen molar-refractivity contribution in [3.63, 3.8) is 0 Å². The van der Waals surface area contributed by atoms with Crippen LogP contribution in [0, 0.1) is 5.92 Å². The van der Waals surface area contributed by atoms with Gasteiger partial charge in [0, 0.05) is 0 Å². The number of hydrogen-bond donors (Lipinski definition) is 1. The summed E-state index contributed by atoms with van der Waals surface area (Å²) in [5.74, 6) is -0.529. The van der Waals surface area contributed by atoms with E-state index in [-0.39, 0.29) is 11.8 Å². The Labute approximate surface area is 64.1 Å². The number of nitrogens with zero attached hydrogens (tertiary/aromatic N) is 2. The third-order valence-electron chi connectivity index (χ3n) is 1.39. The fraction of sp³-hybridized carbons (Fsp3) is 0.500. The molecule has 0 radical (unpaired) electrons. The van der Waals surface area contributed by atoms with E-state index in [1.54, 1.807) is 6.92 Å². The second-order valence-corrected chi connectivity index (χ2v) is 2.14. The number of oxime groups is 1. The van der Waals surface area contributed by atoms with Crippen molar-refractivity contribution < 1.29 is 9.63 Å². The first-order valence-electron chi connectivity index (χ1n) is 3.16. The van der Waals surface area contributed by atoms with Gasteiger partial charge in [0.15, 0.2) is 0 Å². The molecule has 0 aliphatic carbocycles. The predicted molar refractivity (Wildman–Crippen MR) is 40.2 cm³/mol. The minimum atomic E-state index is -0.366. The molecule has 1 N–H and O–H groups in total. The van der Waals surface area contributed by atoms with E-state index in [0.717, 1.165) is 0 Å². The summed E-state index contributed by atoms with van der Waals surface area (Å²) >= 11 is 0. The highest BCUT2D eigenvalue weighted by atomic mass is 16.6. The van der Waals surface area contributed by atoms with Gasteiger partial charge in [0.05, 0.1) is 11.9 Å². The summed E-state index contributed by atoms with van der Waals surface area (Å²) in [5.41, 5.74) is 3.03. The molecule has 1 amide bonds. The third-order valence-corrected chi connectivity index (χ3v) is 1.39. The molecule has 1 aliphatic rings. The second kappa shape index (κ2) is 3.14. The summed E-state index contributed by atoms with van der Waals surface area (Å²) in [6.07, 6.45) is 1.42. The quantitative estimate of drug-likeness (QED) is 0.441. The molecule has 0 unspecified atom stereocenters. The molecule has 1 heterocycles. The second-order valence-electron chi connectivity index (χ2n) is 2.14. The summed E-state index contributed by atoms with van der Waals surface area (Å²) in [6, 6.07) is 0. The number of carbonyl (C=O) groups is 1. The van der Waals surface area contributed by atoms with Crippen LogP contribution in [0.1, 0.15) is 6.92 Å². The van der Waals surface area contributed by atoms with Crippen LogP contribution in [-0.2, 0) is 9.63 Å². The molecule has 0 aromatic rings. The van der Waals surface area contributed by atoms with Crippen molar-refractivity contribution in [2.75, 3.05) is 7.11 Å². The smallest absolute Gasteiger partial charge is 0.254 e. The van der Waals surface area contributed by atoms with Crippen LogP contribution in [0.5, 0.6) is 0 Å². The molecule has 0 saturated heterocycles. The highest BCUT2D eigenvalue weighted by Crippen LogP contribution is 2.03. The zero-order chi connectivity index (χ0) is 8.27. The monoisotopic (exact) mass is 155 g/mol. The first-order chi connectivity index (χ1) is 5.25. The van der Waals surface area contributed by atoms with Crippen LogP contribution in [0.15, 0.2) is 10.3 Å². The van der Waals surface area contributed by atoms with Gasteiger partial charge in [-0.15, -0.1) is 0 Å². The molecule has 0 bridgehead atoms. The zero-order valence-corrected chi connectivity index (χ0v) is 6.37. The fourth-order valence-electron chi connectivity index (χ4n) is 0.769. The van der Waals surface area contributed by atoms with Crippen LogP contribution in [0.2, 0.25) is 0 Å². The lowest BCUT2D eigenvalue weighted by molar-refractivity contribution is -0.120. The molecule has 0 saturated carbocycles. The molecular weight excluding hydrogens is 146 g/mol. The van der Waals surface area contributed by atoms with Crippen molar-refractivity contribution in [3.05, 3.63) is 0 Å². The van der Waals surface area contributed by atoms with Gasteiger partial charge in [-0.3, -0.25) is 4.79 Å². The van der Waals surface area contributed by atoms with E-state index in [2.05, 4.69) is 20.5 Å². The first-order valence-corrected chi connectivity index (χ1v) is 3.16. The molecular formula is C6H9N3O2. The maximum atomic E-state index is 10.9. The summed E-state index contributed by atoms with van der Waals surface area (Å²) in [7, 11) is 1.43. The van der Waals surface area contributed by atoms with Gasteiger partial charge in [-0.05, 0) is 6.92 Å². The SMILES string of the molecule is CO/N=C\[C@H]1C(=O)NN=C1C. The molecule has 11 heavy (non-hydrogen) atoms. The van der Waals surface area contributed by atoms with Crippen molar-refractivity contribution in [2.45, 2.75) is 6.92 Å². The summed E-state index contributed by atoms with van der Waals surface area (Å²) < 4.78 is 0. The number of amides is 1. The van der Waals surface area contributed by atoms with E-state index < -0.39 is 0 Å². The molecule has 0 aromatic heterocycles. The Morgan fingerprint density at radius 2 is 2.55 bits per heavy atom. The summed E-state index contributed by atoms with van der Waals surface area (Å²) in [4.78, 5) is 15.4. The number of carbonyl (C=O) groups excluding carboxylic acids is 1.